The number of unbranched alkanes of at least 4 members (excludes halogenated alkanes) is 29. The second kappa shape index (κ2) is 39.5. The predicted molar refractivity (Wildman–Crippen MR) is 212 cm³/mol. The topological polar surface area (TPSA) is 102 Å². The summed E-state index contributed by atoms with van der Waals surface area (Å²) in [5, 5.41) is 0. The molecule has 0 saturated heterocycles. The minimum atomic E-state index is -4.65. The third-order valence-electron chi connectivity index (χ3n) is 9.57. The first-order valence-corrected chi connectivity index (χ1v) is 23.0. The SMILES string of the molecule is CCCCCCCCC/C=C\CCCCCCCC(=O)O[C@H](COCCCCCCCCCCCCCCCCCCCC)COP(=O)(O)O. The average Bonchev–Trinajstić information content (AvgIpc) is 3.09. The molecule has 0 heterocycles. The summed E-state index contributed by atoms with van der Waals surface area (Å²) < 4.78 is 27.0. The van der Waals surface area contributed by atoms with E-state index in [-0.39, 0.29) is 19.2 Å². The van der Waals surface area contributed by atoms with E-state index in [0.29, 0.717) is 13.0 Å². The third-order valence-corrected chi connectivity index (χ3v) is 10.1. The summed E-state index contributed by atoms with van der Waals surface area (Å²) in [6, 6.07) is 0. The van der Waals surface area contributed by atoms with Crippen molar-refractivity contribution < 1.29 is 33.1 Å². The summed E-state index contributed by atoms with van der Waals surface area (Å²) in [7, 11) is -4.65. The molecule has 0 unspecified atom stereocenters. The van der Waals surface area contributed by atoms with Crippen LogP contribution in [-0.2, 0) is 23.4 Å². The van der Waals surface area contributed by atoms with Gasteiger partial charge >= 0.3 is 13.8 Å². The molecule has 0 amide bonds. The third kappa shape index (κ3) is 41.7. The fourth-order valence-corrected chi connectivity index (χ4v) is 6.74. The van der Waals surface area contributed by atoms with Crippen LogP contribution in [0.4, 0.5) is 0 Å². The Balaban J connectivity index is 3.76. The van der Waals surface area contributed by atoms with Crippen LogP contribution in [-0.4, -0.2) is 41.7 Å². The zero-order valence-electron chi connectivity index (χ0n) is 33.1. The van der Waals surface area contributed by atoms with Crippen molar-refractivity contribution in [1.82, 2.24) is 0 Å². The maximum absolute atomic E-state index is 12.4. The molecule has 0 fully saturated rings. The van der Waals surface area contributed by atoms with Gasteiger partial charge in [-0.25, -0.2) is 4.57 Å². The Kier molecular flexibility index (Phi) is 38.9. The molecule has 0 aromatic rings. The van der Waals surface area contributed by atoms with E-state index in [1.807, 2.05) is 0 Å². The number of carbonyl (C=O) groups excluding carboxylic acids is 1. The summed E-state index contributed by atoms with van der Waals surface area (Å²) in [4.78, 5) is 30.6. The lowest BCUT2D eigenvalue weighted by atomic mass is 10.0. The maximum atomic E-state index is 12.4. The first-order valence-electron chi connectivity index (χ1n) is 21.5. The first kappa shape index (κ1) is 49.3. The van der Waals surface area contributed by atoms with Gasteiger partial charge in [0, 0.05) is 13.0 Å². The van der Waals surface area contributed by atoms with Crippen LogP contribution >= 0.6 is 7.82 Å². The number of phosphoric ester groups is 1. The van der Waals surface area contributed by atoms with E-state index in [2.05, 4.69) is 30.5 Å². The van der Waals surface area contributed by atoms with Gasteiger partial charge in [0.05, 0.1) is 13.2 Å². The molecule has 0 aliphatic rings. The van der Waals surface area contributed by atoms with Crippen LogP contribution in [0.2, 0.25) is 0 Å². The largest absolute Gasteiger partial charge is 0.469 e. The van der Waals surface area contributed by atoms with Gasteiger partial charge in [0.25, 0.3) is 0 Å². The molecule has 298 valence electrons. The van der Waals surface area contributed by atoms with Crippen LogP contribution in [0.5, 0.6) is 0 Å². The lowest BCUT2D eigenvalue weighted by Gasteiger charge is -2.18. The summed E-state index contributed by atoms with van der Waals surface area (Å²) in [6.07, 6.45) is 44.9. The lowest BCUT2D eigenvalue weighted by molar-refractivity contribution is -0.154. The summed E-state index contributed by atoms with van der Waals surface area (Å²) in [6.45, 7) is 4.78. The molecule has 0 aliphatic heterocycles. The summed E-state index contributed by atoms with van der Waals surface area (Å²) >= 11 is 0. The maximum Gasteiger partial charge on any atom is 0.469 e. The second-order valence-corrected chi connectivity index (χ2v) is 15.9. The molecule has 8 heteroatoms. The highest BCUT2D eigenvalue weighted by atomic mass is 31.2. The molecular formula is C42H83O7P. The van der Waals surface area contributed by atoms with Crippen LogP contribution in [0.25, 0.3) is 0 Å². The van der Waals surface area contributed by atoms with Gasteiger partial charge in [0.15, 0.2) is 0 Å². The number of rotatable bonds is 41. The van der Waals surface area contributed by atoms with Gasteiger partial charge in [-0.3, -0.25) is 9.32 Å². The van der Waals surface area contributed by atoms with Crippen molar-refractivity contribution in [3.63, 3.8) is 0 Å². The molecule has 0 radical (unpaired) electrons. The minimum Gasteiger partial charge on any atom is -0.457 e. The van der Waals surface area contributed by atoms with Gasteiger partial charge in [-0.15, -0.1) is 0 Å². The monoisotopic (exact) mass is 731 g/mol. The zero-order chi connectivity index (χ0) is 36.6. The highest BCUT2D eigenvalue weighted by Gasteiger charge is 2.21. The van der Waals surface area contributed by atoms with Gasteiger partial charge in [0.1, 0.15) is 6.10 Å². The van der Waals surface area contributed by atoms with E-state index in [1.165, 1.54) is 161 Å². The molecule has 1 atom stereocenters. The number of phosphoric acid groups is 1. The molecule has 0 spiro atoms. The fourth-order valence-electron chi connectivity index (χ4n) is 6.38. The van der Waals surface area contributed by atoms with Crippen LogP contribution in [0, 0.1) is 0 Å². The van der Waals surface area contributed by atoms with Crippen molar-refractivity contribution in [2.45, 2.75) is 232 Å². The smallest absolute Gasteiger partial charge is 0.457 e. The van der Waals surface area contributed by atoms with Crippen molar-refractivity contribution >= 4 is 13.8 Å². The number of allylic oxidation sites excluding steroid dienone is 2. The number of hydrogen-bond donors (Lipinski definition) is 2. The highest BCUT2D eigenvalue weighted by Crippen LogP contribution is 2.36. The Labute approximate surface area is 310 Å². The molecule has 0 bridgehead atoms. The zero-order valence-corrected chi connectivity index (χ0v) is 34.0. The molecular weight excluding hydrogens is 647 g/mol. The fraction of sp³-hybridized carbons (Fsp3) is 0.929. The number of esters is 1. The van der Waals surface area contributed by atoms with E-state index >= 15 is 0 Å². The Morgan fingerprint density at radius 1 is 0.520 bits per heavy atom. The average molecular weight is 731 g/mol. The Bertz CT molecular complexity index is 769. The van der Waals surface area contributed by atoms with Gasteiger partial charge in [-0.2, -0.15) is 0 Å². The van der Waals surface area contributed by atoms with E-state index in [1.54, 1.807) is 0 Å². The summed E-state index contributed by atoms with van der Waals surface area (Å²) in [5.41, 5.74) is 0. The Hall–Kier alpha value is -0.720. The molecule has 0 aromatic heterocycles. The van der Waals surface area contributed by atoms with E-state index in [0.717, 1.165) is 44.9 Å². The van der Waals surface area contributed by atoms with Crippen LogP contribution in [0.1, 0.15) is 226 Å². The molecule has 2 N–H and O–H groups in total. The van der Waals surface area contributed by atoms with Gasteiger partial charge in [-0.05, 0) is 38.5 Å². The van der Waals surface area contributed by atoms with Gasteiger partial charge in [0.2, 0.25) is 0 Å². The predicted octanol–water partition coefficient (Wildman–Crippen LogP) is 13.5. The molecule has 0 saturated carbocycles. The Morgan fingerprint density at radius 2 is 0.880 bits per heavy atom. The van der Waals surface area contributed by atoms with Crippen molar-refractivity contribution in [3.8, 4) is 0 Å². The number of carbonyl (C=O) groups is 1. The Morgan fingerprint density at radius 3 is 1.28 bits per heavy atom. The van der Waals surface area contributed by atoms with E-state index in [9.17, 15) is 9.36 Å². The van der Waals surface area contributed by atoms with Crippen LogP contribution in [0.3, 0.4) is 0 Å². The van der Waals surface area contributed by atoms with Crippen molar-refractivity contribution in [2.75, 3.05) is 19.8 Å². The second-order valence-electron chi connectivity index (χ2n) is 14.7. The quantitative estimate of drug-likeness (QED) is 0.0279. The molecule has 7 nitrogen and oxygen atoms in total. The van der Waals surface area contributed by atoms with Crippen LogP contribution < -0.4 is 0 Å². The molecule has 50 heavy (non-hydrogen) atoms. The molecule has 0 aromatic carbocycles. The van der Waals surface area contributed by atoms with Crippen molar-refractivity contribution in [3.05, 3.63) is 12.2 Å². The first-order chi connectivity index (χ1) is 24.4. The van der Waals surface area contributed by atoms with Gasteiger partial charge in [-0.1, -0.05) is 193 Å². The molecule has 0 rings (SSSR count). The normalized spacial score (nSPS) is 12.6. The minimum absolute atomic E-state index is 0.0805. The molecule has 0 aliphatic carbocycles. The number of ether oxygens (including phenoxy) is 2. The highest BCUT2D eigenvalue weighted by molar-refractivity contribution is 7.46. The van der Waals surface area contributed by atoms with Gasteiger partial charge < -0.3 is 19.3 Å². The standard InChI is InChI=1S/C42H83O7P/c1-3-5-7-9-11-13-15-17-19-21-22-24-26-28-30-32-34-36-38-47-39-41(40-48-50(44,45)46)49-42(43)37-35-33-31-29-27-25-23-20-18-16-14-12-10-8-6-4-2/h20,23,41H,3-19,21-22,24-40H2,1-2H3,(H2,44,45,46)/b23-20-/t41-/m1/s1. The number of hydrogen-bond acceptors (Lipinski definition) is 5. The van der Waals surface area contributed by atoms with E-state index in [4.69, 9.17) is 19.3 Å². The lowest BCUT2D eigenvalue weighted by Crippen LogP contribution is -2.28. The van der Waals surface area contributed by atoms with E-state index < -0.39 is 13.9 Å². The van der Waals surface area contributed by atoms with Crippen LogP contribution in [0.15, 0.2) is 12.2 Å². The summed E-state index contributed by atoms with van der Waals surface area (Å²) in [5.74, 6) is -0.366. The van der Waals surface area contributed by atoms with Crippen molar-refractivity contribution in [2.24, 2.45) is 0 Å². The van der Waals surface area contributed by atoms with Crippen molar-refractivity contribution in [1.29, 1.82) is 0 Å².